The third-order valence-electron chi connectivity index (χ3n) is 3.49. The molecule has 2 atom stereocenters. The highest BCUT2D eigenvalue weighted by atomic mass is 16.5. The standard InChI is InChI=1S/C13H21N3O2/c1-2-16-9-8-15-12(13(16)17)18-11-7-5-3-4-6-10(11)14/h8-11H,2-7,14H2,1H3. The van der Waals surface area contributed by atoms with Gasteiger partial charge in [0.15, 0.2) is 0 Å². The van der Waals surface area contributed by atoms with Crippen molar-refractivity contribution in [3.8, 4) is 5.88 Å². The Morgan fingerprint density at radius 1 is 1.44 bits per heavy atom. The van der Waals surface area contributed by atoms with Crippen LogP contribution in [0.2, 0.25) is 0 Å². The van der Waals surface area contributed by atoms with E-state index in [1.165, 1.54) is 6.42 Å². The zero-order chi connectivity index (χ0) is 13.0. The SMILES string of the molecule is CCn1ccnc(OC2CCCCCC2N)c1=O. The van der Waals surface area contributed by atoms with Crippen LogP contribution in [0.15, 0.2) is 17.2 Å². The van der Waals surface area contributed by atoms with E-state index in [-0.39, 0.29) is 23.6 Å². The largest absolute Gasteiger partial charge is 0.469 e. The first-order valence-corrected chi connectivity index (χ1v) is 6.70. The number of hydrogen-bond donors (Lipinski definition) is 1. The van der Waals surface area contributed by atoms with E-state index >= 15 is 0 Å². The highest BCUT2D eigenvalue weighted by Gasteiger charge is 2.23. The van der Waals surface area contributed by atoms with Crippen LogP contribution in [0.25, 0.3) is 0 Å². The molecule has 1 aliphatic carbocycles. The fourth-order valence-corrected chi connectivity index (χ4v) is 2.35. The molecule has 2 unspecified atom stereocenters. The molecule has 0 radical (unpaired) electrons. The maximum Gasteiger partial charge on any atom is 0.313 e. The lowest BCUT2D eigenvalue weighted by Crippen LogP contribution is -2.39. The van der Waals surface area contributed by atoms with Gasteiger partial charge in [-0.1, -0.05) is 12.8 Å². The summed E-state index contributed by atoms with van der Waals surface area (Å²) in [4.78, 5) is 16.0. The Balaban J connectivity index is 2.15. The molecule has 1 saturated carbocycles. The van der Waals surface area contributed by atoms with Crippen molar-refractivity contribution in [1.29, 1.82) is 0 Å². The van der Waals surface area contributed by atoms with Crippen molar-refractivity contribution < 1.29 is 4.74 Å². The summed E-state index contributed by atoms with van der Waals surface area (Å²) in [6.45, 7) is 2.54. The van der Waals surface area contributed by atoms with Crippen LogP contribution in [-0.4, -0.2) is 21.7 Å². The number of nitrogens with two attached hydrogens (primary N) is 1. The quantitative estimate of drug-likeness (QED) is 0.822. The molecule has 1 aromatic rings. The molecule has 0 spiro atoms. The summed E-state index contributed by atoms with van der Waals surface area (Å²) in [5, 5.41) is 0. The first-order valence-electron chi connectivity index (χ1n) is 6.70. The molecule has 1 fully saturated rings. The van der Waals surface area contributed by atoms with Crippen molar-refractivity contribution in [2.45, 2.75) is 57.7 Å². The summed E-state index contributed by atoms with van der Waals surface area (Å²) in [5.74, 6) is 0.182. The van der Waals surface area contributed by atoms with Gasteiger partial charge in [-0.15, -0.1) is 0 Å². The third-order valence-corrected chi connectivity index (χ3v) is 3.49. The molecule has 18 heavy (non-hydrogen) atoms. The molecule has 0 saturated heterocycles. The fourth-order valence-electron chi connectivity index (χ4n) is 2.35. The second-order valence-electron chi connectivity index (χ2n) is 4.78. The van der Waals surface area contributed by atoms with E-state index in [1.807, 2.05) is 6.92 Å². The number of rotatable bonds is 3. The van der Waals surface area contributed by atoms with Gasteiger partial charge in [0.25, 0.3) is 5.88 Å². The predicted molar refractivity (Wildman–Crippen MR) is 69.6 cm³/mol. The van der Waals surface area contributed by atoms with Gasteiger partial charge >= 0.3 is 5.56 Å². The Bertz CT molecular complexity index is 444. The molecule has 2 N–H and O–H groups in total. The zero-order valence-corrected chi connectivity index (χ0v) is 10.8. The molecule has 100 valence electrons. The molecule has 1 aromatic heterocycles. The van der Waals surface area contributed by atoms with Gasteiger partial charge in [0.2, 0.25) is 0 Å². The van der Waals surface area contributed by atoms with Crippen LogP contribution in [0.1, 0.15) is 39.0 Å². The Hall–Kier alpha value is -1.36. The van der Waals surface area contributed by atoms with Gasteiger partial charge in [0.05, 0.1) is 0 Å². The minimum absolute atomic E-state index is 0.00369. The highest BCUT2D eigenvalue weighted by Crippen LogP contribution is 2.19. The summed E-state index contributed by atoms with van der Waals surface area (Å²) >= 11 is 0. The second-order valence-corrected chi connectivity index (χ2v) is 4.78. The number of ether oxygens (including phenoxy) is 1. The number of aryl methyl sites for hydroxylation is 1. The summed E-state index contributed by atoms with van der Waals surface area (Å²) in [7, 11) is 0. The van der Waals surface area contributed by atoms with Crippen LogP contribution < -0.4 is 16.0 Å². The first-order chi connectivity index (χ1) is 8.72. The molecule has 5 nitrogen and oxygen atoms in total. The van der Waals surface area contributed by atoms with Crippen LogP contribution in [-0.2, 0) is 6.54 Å². The van der Waals surface area contributed by atoms with Crippen molar-refractivity contribution in [1.82, 2.24) is 9.55 Å². The monoisotopic (exact) mass is 251 g/mol. The minimum Gasteiger partial charge on any atom is -0.469 e. The molecule has 5 heteroatoms. The molecule has 0 bridgehead atoms. The summed E-state index contributed by atoms with van der Waals surface area (Å²) in [5.41, 5.74) is 5.92. The Morgan fingerprint density at radius 3 is 3.00 bits per heavy atom. The van der Waals surface area contributed by atoms with Crippen LogP contribution in [0.3, 0.4) is 0 Å². The van der Waals surface area contributed by atoms with Crippen molar-refractivity contribution >= 4 is 0 Å². The van der Waals surface area contributed by atoms with Crippen molar-refractivity contribution in [3.05, 3.63) is 22.7 Å². The topological polar surface area (TPSA) is 70.1 Å². The van der Waals surface area contributed by atoms with Gasteiger partial charge in [-0.2, -0.15) is 0 Å². The molecular weight excluding hydrogens is 230 g/mol. The van der Waals surface area contributed by atoms with E-state index in [1.54, 1.807) is 17.0 Å². The Kier molecular flexibility index (Phi) is 4.36. The Morgan fingerprint density at radius 2 is 2.22 bits per heavy atom. The van der Waals surface area contributed by atoms with E-state index in [2.05, 4.69) is 4.98 Å². The molecule has 2 rings (SSSR count). The van der Waals surface area contributed by atoms with Gasteiger partial charge in [-0.3, -0.25) is 4.79 Å². The Labute approximate surface area is 107 Å². The van der Waals surface area contributed by atoms with Crippen molar-refractivity contribution in [2.75, 3.05) is 0 Å². The minimum atomic E-state index is -0.170. The average Bonchev–Trinajstić information content (AvgIpc) is 2.57. The lowest BCUT2D eigenvalue weighted by molar-refractivity contribution is 0.152. The van der Waals surface area contributed by atoms with Gasteiger partial charge in [-0.25, -0.2) is 4.98 Å². The highest BCUT2D eigenvalue weighted by molar-refractivity contribution is 5.05. The van der Waals surface area contributed by atoms with Crippen molar-refractivity contribution in [3.63, 3.8) is 0 Å². The van der Waals surface area contributed by atoms with Crippen LogP contribution in [0, 0.1) is 0 Å². The van der Waals surface area contributed by atoms with E-state index in [0.717, 1.165) is 25.7 Å². The first kappa shape index (κ1) is 13.1. The molecule has 0 amide bonds. The normalized spacial score (nSPS) is 24.6. The third kappa shape index (κ3) is 2.90. The van der Waals surface area contributed by atoms with Crippen LogP contribution >= 0.6 is 0 Å². The van der Waals surface area contributed by atoms with Crippen molar-refractivity contribution in [2.24, 2.45) is 5.73 Å². The molecule has 1 aliphatic rings. The number of aromatic nitrogens is 2. The fraction of sp³-hybridized carbons (Fsp3) is 0.692. The van der Waals surface area contributed by atoms with Crippen LogP contribution in [0.4, 0.5) is 0 Å². The van der Waals surface area contributed by atoms with E-state index < -0.39 is 0 Å². The smallest absolute Gasteiger partial charge is 0.313 e. The maximum atomic E-state index is 12.0. The van der Waals surface area contributed by atoms with Gasteiger partial charge < -0.3 is 15.0 Å². The summed E-state index contributed by atoms with van der Waals surface area (Å²) < 4.78 is 7.34. The van der Waals surface area contributed by atoms with E-state index in [4.69, 9.17) is 10.5 Å². The summed E-state index contributed by atoms with van der Waals surface area (Å²) in [6.07, 6.45) is 8.48. The molecular formula is C13H21N3O2. The summed E-state index contributed by atoms with van der Waals surface area (Å²) in [6, 6.07) is 0.00369. The second kappa shape index (κ2) is 6.00. The zero-order valence-electron chi connectivity index (χ0n) is 10.8. The molecule has 1 heterocycles. The van der Waals surface area contributed by atoms with Gasteiger partial charge in [-0.05, 0) is 26.2 Å². The lowest BCUT2D eigenvalue weighted by atomic mass is 10.1. The van der Waals surface area contributed by atoms with Gasteiger partial charge in [0.1, 0.15) is 6.10 Å². The van der Waals surface area contributed by atoms with E-state index in [9.17, 15) is 4.79 Å². The molecule has 0 aliphatic heterocycles. The van der Waals surface area contributed by atoms with Crippen LogP contribution in [0.5, 0.6) is 5.88 Å². The van der Waals surface area contributed by atoms with E-state index in [0.29, 0.717) is 6.54 Å². The van der Waals surface area contributed by atoms with Gasteiger partial charge in [0, 0.05) is 25.0 Å². The number of hydrogen-bond acceptors (Lipinski definition) is 4. The molecule has 0 aromatic carbocycles. The average molecular weight is 251 g/mol. The lowest BCUT2D eigenvalue weighted by Gasteiger charge is -2.21. The maximum absolute atomic E-state index is 12.0. The predicted octanol–water partition coefficient (Wildman–Crippen LogP) is 1.30. The number of nitrogens with zero attached hydrogens (tertiary/aromatic N) is 2.